The Balaban J connectivity index is 1.27. The standard InChI is InChI=1S/C24H26F2IN7O/c25-24(26)7-11-33(12-8-24)22-31-19(14-20-28-15-29-34(20)22)30-21(35)17-2-1-16(27)13-18(17)32-9-5-23(3-4-23)6-10-32/h1-2,13-15H,3-12H2,(H,30,35). The van der Waals surface area contributed by atoms with Crippen LogP contribution in [0.2, 0.25) is 0 Å². The van der Waals surface area contributed by atoms with Gasteiger partial charge >= 0.3 is 0 Å². The highest BCUT2D eigenvalue weighted by molar-refractivity contribution is 14.1. The lowest BCUT2D eigenvalue weighted by Gasteiger charge is -2.35. The van der Waals surface area contributed by atoms with E-state index in [0.717, 1.165) is 22.3 Å². The van der Waals surface area contributed by atoms with Crippen molar-refractivity contribution in [2.24, 2.45) is 5.41 Å². The highest BCUT2D eigenvalue weighted by atomic mass is 127. The van der Waals surface area contributed by atoms with Crippen LogP contribution in [0.1, 0.15) is 48.9 Å². The number of nitrogens with zero attached hydrogens (tertiary/aromatic N) is 6. The minimum atomic E-state index is -2.67. The molecule has 1 aliphatic carbocycles. The molecule has 1 spiro atoms. The van der Waals surface area contributed by atoms with Crippen LogP contribution in [0.4, 0.5) is 26.2 Å². The Kier molecular flexibility index (Phi) is 5.57. The fraction of sp³-hybridized carbons (Fsp3) is 0.500. The Morgan fingerprint density at radius 2 is 1.69 bits per heavy atom. The zero-order valence-electron chi connectivity index (χ0n) is 19.2. The first kappa shape index (κ1) is 22.9. The first-order chi connectivity index (χ1) is 16.8. The highest BCUT2D eigenvalue weighted by Gasteiger charge is 2.44. The van der Waals surface area contributed by atoms with E-state index < -0.39 is 5.92 Å². The van der Waals surface area contributed by atoms with Crippen LogP contribution in [0.25, 0.3) is 5.65 Å². The number of aromatic nitrogens is 4. The van der Waals surface area contributed by atoms with Crippen molar-refractivity contribution < 1.29 is 13.6 Å². The van der Waals surface area contributed by atoms with Gasteiger partial charge in [0.2, 0.25) is 5.95 Å². The largest absolute Gasteiger partial charge is 0.371 e. The van der Waals surface area contributed by atoms with E-state index >= 15 is 0 Å². The van der Waals surface area contributed by atoms with Crippen LogP contribution < -0.4 is 15.1 Å². The number of amides is 1. The van der Waals surface area contributed by atoms with E-state index in [1.165, 1.54) is 36.5 Å². The molecule has 2 aliphatic heterocycles. The molecule has 2 saturated heterocycles. The van der Waals surface area contributed by atoms with E-state index in [9.17, 15) is 13.6 Å². The third-order valence-corrected chi connectivity index (χ3v) is 8.27. The molecule has 1 amide bonds. The Morgan fingerprint density at radius 3 is 2.40 bits per heavy atom. The molecule has 3 fully saturated rings. The van der Waals surface area contributed by atoms with Crippen LogP contribution >= 0.6 is 22.6 Å². The Hall–Kier alpha value is -2.57. The summed E-state index contributed by atoms with van der Waals surface area (Å²) in [6.07, 6.45) is 5.90. The molecular formula is C24H26F2IN7O. The van der Waals surface area contributed by atoms with Gasteiger partial charge < -0.3 is 15.1 Å². The van der Waals surface area contributed by atoms with Crippen molar-refractivity contribution in [3.8, 4) is 0 Å². The molecule has 1 saturated carbocycles. The smallest absolute Gasteiger partial charge is 0.258 e. The molecule has 0 atom stereocenters. The molecule has 6 rings (SSSR count). The van der Waals surface area contributed by atoms with Crippen molar-refractivity contribution in [3.05, 3.63) is 39.7 Å². The average molecular weight is 593 g/mol. The number of anilines is 3. The van der Waals surface area contributed by atoms with E-state index in [4.69, 9.17) is 0 Å². The number of halogens is 3. The summed E-state index contributed by atoms with van der Waals surface area (Å²) in [5.41, 5.74) is 2.58. The summed E-state index contributed by atoms with van der Waals surface area (Å²) in [7, 11) is 0. The maximum atomic E-state index is 13.7. The number of carbonyl (C=O) groups excluding carboxylic acids is 1. The van der Waals surface area contributed by atoms with E-state index in [-0.39, 0.29) is 31.8 Å². The first-order valence-corrected chi connectivity index (χ1v) is 13.1. The fourth-order valence-corrected chi connectivity index (χ4v) is 5.63. The monoisotopic (exact) mass is 593 g/mol. The topological polar surface area (TPSA) is 78.7 Å². The van der Waals surface area contributed by atoms with Crippen LogP contribution in [-0.2, 0) is 0 Å². The van der Waals surface area contributed by atoms with Crippen molar-refractivity contribution in [1.29, 1.82) is 0 Å². The second-order valence-electron chi connectivity index (χ2n) is 9.92. The predicted molar refractivity (Wildman–Crippen MR) is 137 cm³/mol. The number of hydrogen-bond donors (Lipinski definition) is 1. The molecule has 0 bridgehead atoms. The number of benzene rings is 1. The van der Waals surface area contributed by atoms with Crippen LogP contribution in [0.5, 0.6) is 0 Å². The van der Waals surface area contributed by atoms with Crippen molar-refractivity contribution >= 4 is 51.6 Å². The molecule has 35 heavy (non-hydrogen) atoms. The quantitative estimate of drug-likeness (QED) is 0.446. The van der Waals surface area contributed by atoms with E-state index in [2.05, 4.69) is 53.9 Å². The van der Waals surface area contributed by atoms with E-state index in [1.54, 1.807) is 11.0 Å². The molecule has 1 aromatic carbocycles. The third-order valence-electron chi connectivity index (χ3n) is 7.60. The summed E-state index contributed by atoms with van der Waals surface area (Å²) >= 11 is 2.28. The van der Waals surface area contributed by atoms with Gasteiger partial charge in [-0.2, -0.15) is 14.6 Å². The number of fused-ring (bicyclic) bond motifs is 1. The van der Waals surface area contributed by atoms with Gasteiger partial charge in [0, 0.05) is 48.7 Å². The molecule has 184 valence electrons. The number of rotatable bonds is 4. The number of nitrogens with one attached hydrogen (secondary N) is 1. The van der Waals surface area contributed by atoms with Gasteiger partial charge in [0.1, 0.15) is 12.1 Å². The molecule has 11 heteroatoms. The van der Waals surface area contributed by atoms with E-state index in [1.807, 2.05) is 12.1 Å². The molecule has 3 aliphatic rings. The van der Waals surface area contributed by atoms with Crippen molar-refractivity contribution in [2.75, 3.05) is 41.3 Å². The Labute approximate surface area is 215 Å². The molecule has 2 aromatic heterocycles. The van der Waals surface area contributed by atoms with E-state index in [0.29, 0.717) is 28.4 Å². The number of piperidine rings is 2. The van der Waals surface area contributed by atoms with Gasteiger partial charge in [0.15, 0.2) is 5.65 Å². The maximum absolute atomic E-state index is 13.7. The highest BCUT2D eigenvalue weighted by Crippen LogP contribution is 2.54. The zero-order valence-corrected chi connectivity index (χ0v) is 21.3. The molecule has 4 heterocycles. The molecule has 0 radical (unpaired) electrons. The number of hydrogen-bond acceptors (Lipinski definition) is 6. The zero-order chi connectivity index (χ0) is 24.2. The van der Waals surface area contributed by atoms with Crippen LogP contribution in [-0.4, -0.2) is 57.6 Å². The molecule has 8 nitrogen and oxygen atoms in total. The summed E-state index contributed by atoms with van der Waals surface area (Å²) in [6.45, 7) is 2.22. The normalized spacial score (nSPS) is 20.9. The summed E-state index contributed by atoms with van der Waals surface area (Å²) in [5.74, 6) is -2.20. The SMILES string of the molecule is O=C(Nc1cc2ncnn2c(N2CCC(F)(F)CC2)n1)c1ccc(I)cc1N1CCC2(CC1)CC2. The van der Waals surface area contributed by atoms with Gasteiger partial charge in [0.05, 0.1) is 11.3 Å². The van der Waals surface area contributed by atoms with Crippen molar-refractivity contribution in [1.82, 2.24) is 19.6 Å². The fourth-order valence-electron chi connectivity index (χ4n) is 5.16. The average Bonchev–Trinajstić information content (AvgIpc) is 3.41. The maximum Gasteiger partial charge on any atom is 0.258 e. The van der Waals surface area contributed by atoms with Crippen molar-refractivity contribution in [3.63, 3.8) is 0 Å². The lowest BCUT2D eigenvalue weighted by atomic mass is 9.93. The lowest BCUT2D eigenvalue weighted by Crippen LogP contribution is -2.40. The predicted octanol–water partition coefficient (Wildman–Crippen LogP) is 4.60. The summed E-state index contributed by atoms with van der Waals surface area (Å²) < 4.78 is 30.0. The Bertz CT molecular complexity index is 1270. The van der Waals surface area contributed by atoms with Crippen molar-refractivity contribution in [2.45, 2.75) is 44.4 Å². The number of carbonyl (C=O) groups is 1. The third kappa shape index (κ3) is 4.54. The van der Waals surface area contributed by atoms with Gasteiger partial charge in [-0.3, -0.25) is 4.79 Å². The first-order valence-electron chi connectivity index (χ1n) is 12.0. The van der Waals surface area contributed by atoms with Crippen LogP contribution in [0.15, 0.2) is 30.6 Å². The van der Waals surface area contributed by atoms with Gasteiger partial charge in [-0.25, -0.2) is 13.8 Å². The van der Waals surface area contributed by atoms with Gasteiger partial charge in [-0.05, 0) is 71.9 Å². The minimum absolute atomic E-state index is 0.157. The molecule has 1 N–H and O–H groups in total. The molecule has 3 aromatic rings. The summed E-state index contributed by atoms with van der Waals surface area (Å²) in [6, 6.07) is 7.50. The van der Waals surface area contributed by atoms with Crippen LogP contribution in [0.3, 0.4) is 0 Å². The molecule has 0 unspecified atom stereocenters. The summed E-state index contributed by atoms with van der Waals surface area (Å²) in [5, 5.41) is 7.13. The second kappa shape index (κ2) is 8.52. The van der Waals surface area contributed by atoms with Gasteiger partial charge in [0.25, 0.3) is 11.8 Å². The van der Waals surface area contributed by atoms with Gasteiger partial charge in [-0.15, -0.1) is 0 Å². The number of alkyl halides is 2. The van der Waals surface area contributed by atoms with Gasteiger partial charge in [-0.1, -0.05) is 0 Å². The second-order valence-corrected chi connectivity index (χ2v) is 11.2. The van der Waals surface area contributed by atoms with Crippen LogP contribution in [0, 0.1) is 8.99 Å². The summed E-state index contributed by atoms with van der Waals surface area (Å²) in [4.78, 5) is 26.4. The lowest BCUT2D eigenvalue weighted by molar-refractivity contribution is -0.0223. The molecular weight excluding hydrogens is 567 g/mol. The Morgan fingerprint density at radius 1 is 0.971 bits per heavy atom. The minimum Gasteiger partial charge on any atom is -0.371 e.